The molecule has 8 heteroatoms. The van der Waals surface area contributed by atoms with Crippen LogP contribution >= 0.6 is 0 Å². The van der Waals surface area contributed by atoms with Crippen LogP contribution in [-0.4, -0.2) is 57.0 Å². The molecule has 7 nitrogen and oxygen atoms in total. The van der Waals surface area contributed by atoms with Crippen LogP contribution in [0.15, 0.2) is 49.3 Å². The van der Waals surface area contributed by atoms with Crippen molar-refractivity contribution in [2.24, 2.45) is 0 Å². The molecule has 0 aliphatic carbocycles. The minimum absolute atomic E-state index is 0.110. The Hall–Kier alpha value is -3.00. The number of nitrogens with one attached hydrogen (secondary N) is 1. The van der Waals surface area contributed by atoms with Gasteiger partial charge in [-0.2, -0.15) is 0 Å². The Balaban J connectivity index is 1.55. The maximum atomic E-state index is 14.1. The van der Waals surface area contributed by atoms with Crippen molar-refractivity contribution < 1.29 is 9.50 Å². The molecule has 1 aliphatic heterocycles. The van der Waals surface area contributed by atoms with Crippen LogP contribution in [0.1, 0.15) is 6.42 Å². The van der Waals surface area contributed by atoms with Crippen LogP contribution in [0.4, 0.5) is 10.2 Å². The Labute approximate surface area is 156 Å². The summed E-state index contributed by atoms with van der Waals surface area (Å²) in [4.78, 5) is 14.7. The summed E-state index contributed by atoms with van der Waals surface area (Å²) in [5.41, 5.74) is 1.95. The molecule has 2 aromatic heterocycles. The topological polar surface area (TPSA) is 79.1 Å². The summed E-state index contributed by atoms with van der Waals surface area (Å²) in [5.74, 6) is 0.724. The molecule has 1 aromatic carbocycles. The average molecular weight is 368 g/mol. The molecule has 0 radical (unpaired) electrons. The molecule has 3 aromatic rings. The standard InChI is InChI=1S/C19H21FN6O/c1-25(17-4-5-21-9-15(17)20)19-11-23-16(10-24-19)14-3-2-13(8-18(14)27)26-7-6-22-12-26/h2-3,6-8,10-12,15,17,21,27H,4-5,9H2,1H3/t15-,17-/m0/s1. The van der Waals surface area contributed by atoms with Crippen molar-refractivity contribution in [3.05, 3.63) is 49.3 Å². The zero-order valence-corrected chi connectivity index (χ0v) is 15.0. The Morgan fingerprint density at radius 3 is 2.85 bits per heavy atom. The molecule has 0 spiro atoms. The molecule has 2 N–H and O–H groups in total. The number of phenolic OH excluding ortho intramolecular Hbond substituents is 1. The van der Waals surface area contributed by atoms with Gasteiger partial charge >= 0.3 is 0 Å². The maximum Gasteiger partial charge on any atom is 0.147 e. The number of halogens is 1. The highest BCUT2D eigenvalue weighted by molar-refractivity contribution is 5.68. The van der Waals surface area contributed by atoms with Gasteiger partial charge in [0.2, 0.25) is 0 Å². The van der Waals surface area contributed by atoms with Crippen molar-refractivity contribution in [3.8, 4) is 22.7 Å². The van der Waals surface area contributed by atoms with E-state index in [9.17, 15) is 9.50 Å². The number of nitrogens with zero attached hydrogens (tertiary/aromatic N) is 5. The number of anilines is 1. The van der Waals surface area contributed by atoms with Gasteiger partial charge in [0.05, 0.1) is 36.1 Å². The maximum absolute atomic E-state index is 14.1. The number of hydrogen-bond donors (Lipinski definition) is 2. The van der Waals surface area contributed by atoms with Crippen molar-refractivity contribution in [1.29, 1.82) is 0 Å². The Bertz CT molecular complexity index is 899. The van der Waals surface area contributed by atoms with Crippen molar-refractivity contribution in [1.82, 2.24) is 24.8 Å². The first kappa shape index (κ1) is 17.4. The SMILES string of the molecule is CN(c1cnc(-c2ccc(-n3ccnc3)cc2O)cn1)[C@H]1CCNC[C@@H]1F. The molecule has 0 saturated carbocycles. The van der Waals surface area contributed by atoms with Crippen molar-refractivity contribution in [3.63, 3.8) is 0 Å². The third-order valence-electron chi connectivity index (χ3n) is 4.93. The highest BCUT2D eigenvalue weighted by Gasteiger charge is 2.29. The lowest BCUT2D eigenvalue weighted by molar-refractivity contribution is 0.227. The summed E-state index contributed by atoms with van der Waals surface area (Å²) in [6.45, 7) is 1.15. The number of imidazole rings is 1. The minimum atomic E-state index is -0.940. The zero-order valence-electron chi connectivity index (χ0n) is 15.0. The number of benzene rings is 1. The molecule has 27 heavy (non-hydrogen) atoms. The number of alkyl halides is 1. The summed E-state index contributed by atoms with van der Waals surface area (Å²) in [6.07, 6.45) is 8.15. The van der Waals surface area contributed by atoms with Crippen LogP contribution in [0.2, 0.25) is 0 Å². The molecular formula is C19H21FN6O. The van der Waals surface area contributed by atoms with E-state index in [1.54, 1.807) is 47.8 Å². The zero-order chi connectivity index (χ0) is 18.8. The average Bonchev–Trinajstić information content (AvgIpc) is 3.23. The van der Waals surface area contributed by atoms with Gasteiger partial charge in [0, 0.05) is 37.6 Å². The summed E-state index contributed by atoms with van der Waals surface area (Å²) in [5, 5.41) is 13.4. The first-order chi connectivity index (χ1) is 13.1. The quantitative estimate of drug-likeness (QED) is 0.735. The molecular weight excluding hydrogens is 347 g/mol. The molecule has 1 aliphatic rings. The molecule has 2 atom stereocenters. The van der Waals surface area contributed by atoms with E-state index in [4.69, 9.17) is 0 Å². The van der Waals surface area contributed by atoms with Gasteiger partial charge in [-0.25, -0.2) is 14.4 Å². The number of aromatic hydroxyl groups is 1. The lowest BCUT2D eigenvalue weighted by Gasteiger charge is -2.34. The molecule has 4 rings (SSSR count). The summed E-state index contributed by atoms with van der Waals surface area (Å²) in [6, 6.07) is 5.11. The monoisotopic (exact) mass is 368 g/mol. The molecule has 1 saturated heterocycles. The lowest BCUT2D eigenvalue weighted by Crippen LogP contribution is -2.50. The van der Waals surface area contributed by atoms with Crippen LogP contribution in [0.3, 0.4) is 0 Å². The van der Waals surface area contributed by atoms with E-state index in [1.165, 1.54) is 0 Å². The first-order valence-electron chi connectivity index (χ1n) is 8.85. The van der Waals surface area contributed by atoms with Crippen molar-refractivity contribution in [2.45, 2.75) is 18.6 Å². The number of phenols is 1. The van der Waals surface area contributed by atoms with E-state index >= 15 is 0 Å². The van der Waals surface area contributed by atoms with Gasteiger partial charge in [-0.15, -0.1) is 0 Å². The van der Waals surface area contributed by atoms with Crippen LogP contribution in [-0.2, 0) is 0 Å². The van der Waals surface area contributed by atoms with Crippen LogP contribution in [0.5, 0.6) is 5.75 Å². The van der Waals surface area contributed by atoms with Crippen LogP contribution in [0, 0.1) is 0 Å². The summed E-state index contributed by atoms with van der Waals surface area (Å²) < 4.78 is 15.9. The third-order valence-corrected chi connectivity index (χ3v) is 4.93. The van der Waals surface area contributed by atoms with Gasteiger partial charge in [0.25, 0.3) is 0 Å². The number of rotatable bonds is 4. The first-order valence-corrected chi connectivity index (χ1v) is 8.85. The van der Waals surface area contributed by atoms with E-state index in [2.05, 4.69) is 20.3 Å². The number of hydrogen-bond acceptors (Lipinski definition) is 6. The Kier molecular flexibility index (Phi) is 4.72. The lowest BCUT2D eigenvalue weighted by atomic mass is 10.0. The second-order valence-corrected chi connectivity index (χ2v) is 6.62. The smallest absolute Gasteiger partial charge is 0.147 e. The van der Waals surface area contributed by atoms with Gasteiger partial charge in [0.1, 0.15) is 17.7 Å². The predicted molar refractivity (Wildman–Crippen MR) is 101 cm³/mol. The van der Waals surface area contributed by atoms with E-state index in [-0.39, 0.29) is 11.8 Å². The van der Waals surface area contributed by atoms with E-state index in [1.807, 2.05) is 18.0 Å². The predicted octanol–water partition coefficient (Wildman–Crippen LogP) is 2.17. The molecule has 0 amide bonds. The van der Waals surface area contributed by atoms with E-state index in [0.717, 1.165) is 18.7 Å². The van der Waals surface area contributed by atoms with Gasteiger partial charge in [-0.1, -0.05) is 0 Å². The molecule has 0 unspecified atom stereocenters. The van der Waals surface area contributed by atoms with Crippen molar-refractivity contribution >= 4 is 5.82 Å². The van der Waals surface area contributed by atoms with Crippen LogP contribution < -0.4 is 10.2 Å². The minimum Gasteiger partial charge on any atom is -0.507 e. The molecule has 0 bridgehead atoms. The van der Waals surface area contributed by atoms with Crippen molar-refractivity contribution in [2.75, 3.05) is 25.0 Å². The van der Waals surface area contributed by atoms with Gasteiger partial charge in [0.15, 0.2) is 0 Å². The third kappa shape index (κ3) is 3.48. The Morgan fingerprint density at radius 1 is 1.30 bits per heavy atom. The number of aromatic nitrogens is 4. The number of piperidine rings is 1. The Morgan fingerprint density at radius 2 is 2.19 bits per heavy atom. The molecule has 3 heterocycles. The fraction of sp³-hybridized carbons (Fsp3) is 0.316. The highest BCUT2D eigenvalue weighted by Crippen LogP contribution is 2.30. The normalized spacial score (nSPS) is 19.8. The fourth-order valence-electron chi connectivity index (χ4n) is 3.36. The highest BCUT2D eigenvalue weighted by atomic mass is 19.1. The fourth-order valence-corrected chi connectivity index (χ4v) is 3.36. The molecule has 1 fully saturated rings. The summed E-state index contributed by atoms with van der Waals surface area (Å²) >= 11 is 0. The van der Waals surface area contributed by atoms with Gasteiger partial charge < -0.3 is 19.9 Å². The van der Waals surface area contributed by atoms with E-state index in [0.29, 0.717) is 23.6 Å². The van der Waals surface area contributed by atoms with Gasteiger partial charge in [-0.3, -0.25) is 4.98 Å². The van der Waals surface area contributed by atoms with Gasteiger partial charge in [-0.05, 0) is 25.1 Å². The summed E-state index contributed by atoms with van der Waals surface area (Å²) in [7, 11) is 1.84. The molecule has 140 valence electrons. The van der Waals surface area contributed by atoms with Crippen LogP contribution in [0.25, 0.3) is 16.9 Å². The largest absolute Gasteiger partial charge is 0.507 e. The van der Waals surface area contributed by atoms with E-state index < -0.39 is 6.17 Å². The second-order valence-electron chi connectivity index (χ2n) is 6.62. The second kappa shape index (κ2) is 7.32.